The maximum Gasteiger partial charge on any atom is 0.162 e. The number of rotatable bonds is 8. The maximum absolute atomic E-state index is 6.54. The molecule has 0 radical (unpaired) electrons. The Balaban J connectivity index is 1.57. The van der Waals surface area contributed by atoms with Gasteiger partial charge in [-0.2, -0.15) is 0 Å². The molecule has 0 aromatic heterocycles. The number of hydrogen-bond donors (Lipinski definition) is 0. The van der Waals surface area contributed by atoms with Crippen molar-refractivity contribution in [3.63, 3.8) is 0 Å². The first kappa shape index (κ1) is 21.7. The molecule has 1 aliphatic heterocycles. The van der Waals surface area contributed by atoms with E-state index in [1.807, 2.05) is 43.3 Å². The predicted molar refractivity (Wildman–Crippen MR) is 124 cm³/mol. The molecule has 1 aliphatic rings. The molecular weight excluding hydrogens is 410 g/mol. The molecule has 0 unspecified atom stereocenters. The Bertz CT molecular complexity index is 951. The lowest BCUT2D eigenvalue weighted by molar-refractivity contribution is -0.0843. The number of ether oxygens (including phenoxy) is 3. The Morgan fingerprint density at radius 3 is 2.48 bits per heavy atom. The van der Waals surface area contributed by atoms with Gasteiger partial charge in [0, 0.05) is 30.7 Å². The fourth-order valence-electron chi connectivity index (χ4n) is 3.89. The molecular formula is C26H28ClNO3. The van der Waals surface area contributed by atoms with Crippen LogP contribution in [0.4, 0.5) is 0 Å². The summed E-state index contributed by atoms with van der Waals surface area (Å²) in [5, 5.41) is 0.620. The summed E-state index contributed by atoms with van der Waals surface area (Å²) < 4.78 is 18.5. The summed E-state index contributed by atoms with van der Waals surface area (Å²) in [5.41, 5.74) is 2.38. The molecule has 0 spiro atoms. The van der Waals surface area contributed by atoms with Crippen molar-refractivity contribution < 1.29 is 14.2 Å². The molecule has 3 aromatic carbocycles. The molecule has 0 bridgehead atoms. The summed E-state index contributed by atoms with van der Waals surface area (Å²) in [6.45, 7) is 5.74. The van der Waals surface area contributed by atoms with Crippen LogP contribution in [0, 0.1) is 0 Å². The van der Waals surface area contributed by atoms with Crippen LogP contribution in [-0.4, -0.2) is 37.3 Å². The van der Waals surface area contributed by atoms with E-state index in [0.29, 0.717) is 29.7 Å². The van der Waals surface area contributed by atoms with E-state index in [-0.39, 0.29) is 12.2 Å². The molecule has 5 heteroatoms. The molecule has 0 N–H and O–H groups in total. The molecule has 1 saturated heterocycles. The van der Waals surface area contributed by atoms with E-state index in [1.165, 1.54) is 5.56 Å². The lowest BCUT2D eigenvalue weighted by Crippen LogP contribution is -2.45. The Morgan fingerprint density at radius 1 is 1.00 bits per heavy atom. The summed E-state index contributed by atoms with van der Waals surface area (Å²) in [5.74, 6) is 1.32. The zero-order valence-corrected chi connectivity index (χ0v) is 18.5. The van der Waals surface area contributed by atoms with E-state index in [1.54, 1.807) is 6.07 Å². The molecule has 0 amide bonds. The van der Waals surface area contributed by atoms with Gasteiger partial charge >= 0.3 is 0 Å². The highest BCUT2D eigenvalue weighted by Gasteiger charge is 2.31. The Labute approximate surface area is 189 Å². The third kappa shape index (κ3) is 5.79. The zero-order valence-electron chi connectivity index (χ0n) is 17.7. The van der Waals surface area contributed by atoms with E-state index >= 15 is 0 Å². The molecule has 2 atom stereocenters. The van der Waals surface area contributed by atoms with E-state index in [2.05, 4.69) is 41.3 Å². The van der Waals surface area contributed by atoms with E-state index in [4.69, 9.17) is 25.8 Å². The van der Waals surface area contributed by atoms with Crippen molar-refractivity contribution in [1.82, 2.24) is 4.90 Å². The van der Waals surface area contributed by atoms with Crippen LogP contribution in [-0.2, 0) is 11.3 Å². The van der Waals surface area contributed by atoms with Crippen molar-refractivity contribution in [2.45, 2.75) is 25.7 Å². The lowest BCUT2D eigenvalue weighted by Gasteiger charge is -2.37. The normalized spacial score (nSPS) is 17.8. The van der Waals surface area contributed by atoms with Gasteiger partial charge in [-0.05, 0) is 30.2 Å². The lowest BCUT2D eigenvalue weighted by atomic mass is 10.0. The minimum atomic E-state index is -0.264. The average molecular weight is 438 g/mol. The second kappa shape index (κ2) is 10.7. The third-order valence-corrected chi connectivity index (χ3v) is 5.59. The Morgan fingerprint density at radius 2 is 1.74 bits per heavy atom. The standard InChI is InChI=1S/C26H28ClNO3/c1-2-29-24-17-22(27)13-14-23(24)31-26(21-11-7-4-8-12-21)25-19-28(15-16-30-25)18-20-9-5-3-6-10-20/h3-14,17,25-26H,2,15-16,18-19H2,1H3/t25-,26+/m0/s1. The van der Waals surface area contributed by atoms with Crippen LogP contribution < -0.4 is 9.47 Å². The second-order valence-electron chi connectivity index (χ2n) is 7.60. The number of morpholine rings is 1. The largest absolute Gasteiger partial charge is 0.490 e. The minimum absolute atomic E-state index is 0.106. The van der Waals surface area contributed by atoms with Crippen LogP contribution in [0.3, 0.4) is 0 Å². The van der Waals surface area contributed by atoms with Crippen molar-refractivity contribution in [3.05, 3.63) is 95.0 Å². The van der Waals surface area contributed by atoms with E-state index in [9.17, 15) is 0 Å². The highest BCUT2D eigenvalue weighted by molar-refractivity contribution is 6.30. The van der Waals surface area contributed by atoms with Crippen LogP contribution in [0.25, 0.3) is 0 Å². The van der Waals surface area contributed by atoms with Gasteiger partial charge in [0.15, 0.2) is 17.6 Å². The van der Waals surface area contributed by atoms with Crippen molar-refractivity contribution >= 4 is 11.6 Å². The molecule has 0 aliphatic carbocycles. The molecule has 31 heavy (non-hydrogen) atoms. The first-order valence-corrected chi connectivity index (χ1v) is 11.1. The fraction of sp³-hybridized carbons (Fsp3) is 0.308. The summed E-state index contributed by atoms with van der Waals surface area (Å²) >= 11 is 6.18. The van der Waals surface area contributed by atoms with Gasteiger partial charge in [-0.25, -0.2) is 0 Å². The van der Waals surface area contributed by atoms with Gasteiger partial charge < -0.3 is 14.2 Å². The van der Waals surface area contributed by atoms with Crippen LogP contribution >= 0.6 is 11.6 Å². The Kier molecular flexibility index (Phi) is 7.47. The highest BCUT2D eigenvalue weighted by atomic mass is 35.5. The molecule has 0 saturated carbocycles. The van der Waals surface area contributed by atoms with Crippen molar-refractivity contribution in [3.8, 4) is 11.5 Å². The molecule has 4 nitrogen and oxygen atoms in total. The second-order valence-corrected chi connectivity index (χ2v) is 8.04. The summed E-state index contributed by atoms with van der Waals surface area (Å²) in [4.78, 5) is 2.42. The summed E-state index contributed by atoms with van der Waals surface area (Å²) in [6, 6.07) is 26.3. The van der Waals surface area contributed by atoms with E-state index in [0.717, 1.165) is 25.2 Å². The van der Waals surface area contributed by atoms with Gasteiger partial charge in [0.25, 0.3) is 0 Å². The number of hydrogen-bond acceptors (Lipinski definition) is 4. The zero-order chi connectivity index (χ0) is 21.5. The first-order chi connectivity index (χ1) is 15.2. The maximum atomic E-state index is 6.54. The van der Waals surface area contributed by atoms with Crippen molar-refractivity contribution in [2.24, 2.45) is 0 Å². The number of halogens is 1. The van der Waals surface area contributed by atoms with Crippen LogP contribution in [0.2, 0.25) is 5.02 Å². The fourth-order valence-corrected chi connectivity index (χ4v) is 4.05. The first-order valence-electron chi connectivity index (χ1n) is 10.7. The smallest absolute Gasteiger partial charge is 0.162 e. The summed E-state index contributed by atoms with van der Waals surface area (Å²) in [7, 11) is 0. The van der Waals surface area contributed by atoms with Crippen molar-refractivity contribution in [1.29, 1.82) is 0 Å². The monoisotopic (exact) mass is 437 g/mol. The number of nitrogens with zero attached hydrogens (tertiary/aromatic N) is 1. The van der Waals surface area contributed by atoms with Crippen molar-refractivity contribution in [2.75, 3.05) is 26.3 Å². The van der Waals surface area contributed by atoms with Gasteiger partial charge in [-0.1, -0.05) is 72.3 Å². The van der Waals surface area contributed by atoms with Gasteiger partial charge in [-0.15, -0.1) is 0 Å². The third-order valence-electron chi connectivity index (χ3n) is 5.35. The molecule has 1 heterocycles. The van der Waals surface area contributed by atoms with Gasteiger partial charge in [0.05, 0.1) is 13.2 Å². The topological polar surface area (TPSA) is 30.9 Å². The average Bonchev–Trinajstić information content (AvgIpc) is 2.80. The number of benzene rings is 3. The molecule has 162 valence electrons. The van der Waals surface area contributed by atoms with Crippen LogP contribution in [0.1, 0.15) is 24.2 Å². The van der Waals surface area contributed by atoms with Gasteiger partial charge in [0.1, 0.15) is 6.10 Å². The van der Waals surface area contributed by atoms with Gasteiger partial charge in [-0.3, -0.25) is 4.90 Å². The molecule has 3 aromatic rings. The Hall–Kier alpha value is -2.53. The molecule has 4 rings (SSSR count). The highest BCUT2D eigenvalue weighted by Crippen LogP contribution is 2.36. The van der Waals surface area contributed by atoms with Crippen LogP contribution in [0.15, 0.2) is 78.9 Å². The van der Waals surface area contributed by atoms with Gasteiger partial charge in [0.2, 0.25) is 0 Å². The molecule has 1 fully saturated rings. The van der Waals surface area contributed by atoms with E-state index < -0.39 is 0 Å². The quantitative estimate of drug-likeness (QED) is 0.448. The SMILES string of the molecule is CCOc1cc(Cl)ccc1O[C@H](c1ccccc1)[C@@H]1CN(Cc2ccccc2)CCO1. The summed E-state index contributed by atoms with van der Waals surface area (Å²) in [6.07, 6.45) is -0.370. The minimum Gasteiger partial charge on any atom is -0.490 e. The van der Waals surface area contributed by atoms with Crippen LogP contribution in [0.5, 0.6) is 11.5 Å². The predicted octanol–water partition coefficient (Wildman–Crippen LogP) is 5.76.